The van der Waals surface area contributed by atoms with E-state index < -0.39 is 0 Å². The average molecular weight is 355 g/mol. The maximum atomic E-state index is 12.3. The number of hydrogen-bond donors (Lipinski definition) is 3. The third-order valence-corrected chi connectivity index (χ3v) is 4.44. The van der Waals surface area contributed by atoms with Crippen LogP contribution in [0.25, 0.3) is 22.2 Å². The molecule has 0 aliphatic heterocycles. The van der Waals surface area contributed by atoms with E-state index in [9.17, 15) is 4.79 Å². The lowest BCUT2D eigenvalue weighted by Crippen LogP contribution is -2.12. The molecular weight excluding hydrogens is 338 g/mol. The van der Waals surface area contributed by atoms with E-state index in [1.807, 2.05) is 42.5 Å². The molecule has 2 aromatic heterocycles. The number of fused-ring (bicyclic) bond motifs is 1. The quantitative estimate of drug-likeness (QED) is 0.505. The number of aryl methyl sites for hydroxylation is 1. The summed E-state index contributed by atoms with van der Waals surface area (Å²) in [6, 6.07) is 21.7. The van der Waals surface area contributed by atoms with Crippen molar-refractivity contribution in [2.75, 3.05) is 5.32 Å². The van der Waals surface area contributed by atoms with Gasteiger partial charge in [0.2, 0.25) is 5.91 Å². The van der Waals surface area contributed by atoms with Crippen molar-refractivity contribution in [2.45, 2.75) is 12.8 Å². The Hall–Kier alpha value is -3.85. The lowest BCUT2D eigenvalue weighted by atomic mass is 10.0. The van der Waals surface area contributed by atoms with E-state index in [1.165, 1.54) is 6.07 Å². The van der Waals surface area contributed by atoms with Crippen molar-refractivity contribution in [2.24, 2.45) is 0 Å². The summed E-state index contributed by atoms with van der Waals surface area (Å²) in [6.07, 6.45) is 0.909. The van der Waals surface area contributed by atoms with E-state index in [0.29, 0.717) is 24.4 Å². The minimum Gasteiger partial charge on any atom is -0.354 e. The Labute approximate surface area is 155 Å². The summed E-state index contributed by atoms with van der Waals surface area (Å²) in [7, 11) is 0. The molecule has 2 aromatic carbocycles. The lowest BCUT2D eigenvalue weighted by molar-refractivity contribution is -0.116. The first-order valence-electron chi connectivity index (χ1n) is 8.65. The van der Waals surface area contributed by atoms with Gasteiger partial charge in [-0.15, -0.1) is 0 Å². The summed E-state index contributed by atoms with van der Waals surface area (Å²) in [5, 5.41) is 19.1. The van der Waals surface area contributed by atoms with Gasteiger partial charge in [0.15, 0.2) is 5.82 Å². The van der Waals surface area contributed by atoms with Gasteiger partial charge in [0.25, 0.3) is 0 Å². The van der Waals surface area contributed by atoms with Gasteiger partial charge in [0.05, 0.1) is 0 Å². The Balaban J connectivity index is 1.57. The third kappa shape index (κ3) is 3.44. The molecule has 27 heavy (non-hydrogen) atoms. The molecular formula is C21H17N5O. The molecule has 4 rings (SSSR count). The average Bonchev–Trinajstić information content (AvgIpc) is 3.31. The molecule has 0 radical (unpaired) electrons. The van der Waals surface area contributed by atoms with Gasteiger partial charge in [0.1, 0.15) is 11.8 Å². The number of aromatic amines is 2. The van der Waals surface area contributed by atoms with Crippen molar-refractivity contribution < 1.29 is 4.79 Å². The van der Waals surface area contributed by atoms with E-state index in [-0.39, 0.29) is 5.91 Å². The normalized spacial score (nSPS) is 10.6. The lowest BCUT2D eigenvalue weighted by Gasteiger charge is -2.06. The second kappa shape index (κ2) is 7.18. The van der Waals surface area contributed by atoms with E-state index in [1.54, 1.807) is 0 Å². The highest BCUT2D eigenvalue weighted by atomic mass is 16.1. The van der Waals surface area contributed by atoms with E-state index >= 15 is 0 Å². The number of anilines is 1. The maximum Gasteiger partial charge on any atom is 0.225 e. The molecule has 0 fully saturated rings. The molecule has 0 aliphatic rings. The van der Waals surface area contributed by atoms with Crippen molar-refractivity contribution in [1.82, 2.24) is 15.2 Å². The van der Waals surface area contributed by atoms with Gasteiger partial charge in [-0.1, -0.05) is 48.5 Å². The molecule has 0 bridgehead atoms. The minimum absolute atomic E-state index is 0.143. The number of amides is 1. The van der Waals surface area contributed by atoms with Crippen LogP contribution in [0.1, 0.15) is 17.7 Å². The molecule has 132 valence electrons. The van der Waals surface area contributed by atoms with E-state index in [2.05, 4.69) is 38.7 Å². The number of carbonyl (C=O) groups is 1. The SMILES string of the molecule is N#Cc1cc(NC(=O)CCc2c(-c3ccccc3)[nH]c3ccccc23)n[nH]1. The zero-order valence-corrected chi connectivity index (χ0v) is 14.5. The first-order valence-corrected chi connectivity index (χ1v) is 8.65. The van der Waals surface area contributed by atoms with Gasteiger partial charge in [-0.05, 0) is 23.6 Å². The van der Waals surface area contributed by atoms with Gasteiger partial charge < -0.3 is 10.3 Å². The van der Waals surface area contributed by atoms with Gasteiger partial charge in [-0.3, -0.25) is 9.89 Å². The van der Waals surface area contributed by atoms with Crippen LogP contribution in [-0.2, 0) is 11.2 Å². The maximum absolute atomic E-state index is 12.3. The van der Waals surface area contributed by atoms with E-state index in [4.69, 9.17) is 5.26 Å². The summed E-state index contributed by atoms with van der Waals surface area (Å²) in [6.45, 7) is 0. The Morgan fingerprint density at radius 1 is 1.11 bits per heavy atom. The van der Waals surface area contributed by atoms with E-state index in [0.717, 1.165) is 27.7 Å². The number of H-pyrrole nitrogens is 2. The topological polar surface area (TPSA) is 97.4 Å². The van der Waals surface area contributed by atoms with Crippen LogP contribution in [0.4, 0.5) is 5.82 Å². The first-order chi connectivity index (χ1) is 13.2. The highest BCUT2D eigenvalue weighted by molar-refractivity contribution is 5.93. The summed E-state index contributed by atoms with van der Waals surface area (Å²) in [5.74, 6) is 0.217. The van der Waals surface area contributed by atoms with Crippen LogP contribution in [0.3, 0.4) is 0 Å². The summed E-state index contributed by atoms with van der Waals surface area (Å²) < 4.78 is 0. The number of nitrogens with one attached hydrogen (secondary N) is 3. The van der Waals surface area contributed by atoms with Gasteiger partial charge in [-0.25, -0.2) is 0 Å². The third-order valence-electron chi connectivity index (χ3n) is 4.44. The van der Waals surface area contributed by atoms with Crippen molar-refractivity contribution in [3.05, 3.63) is 71.9 Å². The van der Waals surface area contributed by atoms with Crippen LogP contribution in [0.15, 0.2) is 60.7 Å². The number of rotatable bonds is 5. The molecule has 1 amide bonds. The predicted molar refractivity (Wildman–Crippen MR) is 104 cm³/mol. The zero-order chi connectivity index (χ0) is 18.6. The summed E-state index contributed by atoms with van der Waals surface area (Å²) >= 11 is 0. The zero-order valence-electron chi connectivity index (χ0n) is 14.5. The number of aromatic nitrogens is 3. The summed E-state index contributed by atoms with van der Waals surface area (Å²) in [5.41, 5.74) is 4.61. The summed E-state index contributed by atoms with van der Waals surface area (Å²) in [4.78, 5) is 15.8. The molecule has 3 N–H and O–H groups in total. The Morgan fingerprint density at radius 3 is 2.67 bits per heavy atom. The van der Waals surface area contributed by atoms with Crippen LogP contribution < -0.4 is 5.32 Å². The molecule has 4 aromatic rings. The number of nitriles is 1. The number of nitrogens with zero attached hydrogens (tertiary/aromatic N) is 2. The number of carbonyl (C=O) groups excluding carboxylic acids is 1. The molecule has 0 saturated carbocycles. The van der Waals surface area contributed by atoms with Crippen LogP contribution in [0.5, 0.6) is 0 Å². The van der Waals surface area contributed by atoms with Gasteiger partial charge in [-0.2, -0.15) is 10.4 Å². The van der Waals surface area contributed by atoms with Crippen molar-refractivity contribution >= 4 is 22.6 Å². The largest absolute Gasteiger partial charge is 0.354 e. The number of hydrogen-bond acceptors (Lipinski definition) is 3. The molecule has 0 atom stereocenters. The van der Waals surface area contributed by atoms with Gasteiger partial charge >= 0.3 is 0 Å². The number of para-hydroxylation sites is 1. The Kier molecular flexibility index (Phi) is 4.42. The highest BCUT2D eigenvalue weighted by Gasteiger charge is 2.14. The van der Waals surface area contributed by atoms with Crippen molar-refractivity contribution in [3.8, 4) is 17.3 Å². The standard InChI is InChI=1S/C21H17N5O/c22-13-15-12-19(26-25-15)24-20(27)11-10-17-16-8-4-5-9-18(16)23-21(17)14-6-2-1-3-7-14/h1-9,12,23H,10-11H2,(H2,24,25,26,27). The van der Waals surface area contributed by atoms with Gasteiger partial charge in [0, 0.05) is 29.1 Å². The Morgan fingerprint density at radius 2 is 1.89 bits per heavy atom. The monoisotopic (exact) mass is 355 g/mol. The second-order valence-electron chi connectivity index (χ2n) is 6.22. The predicted octanol–water partition coefficient (Wildman–Crippen LogP) is 4.00. The van der Waals surface area contributed by atoms with Crippen LogP contribution in [0, 0.1) is 11.3 Å². The molecule has 2 heterocycles. The highest BCUT2D eigenvalue weighted by Crippen LogP contribution is 2.31. The molecule has 0 aliphatic carbocycles. The fourth-order valence-electron chi connectivity index (χ4n) is 3.20. The molecule has 0 spiro atoms. The molecule has 0 saturated heterocycles. The number of benzene rings is 2. The van der Waals surface area contributed by atoms with Crippen molar-refractivity contribution in [1.29, 1.82) is 5.26 Å². The van der Waals surface area contributed by atoms with Crippen molar-refractivity contribution in [3.63, 3.8) is 0 Å². The van der Waals surface area contributed by atoms with Crippen LogP contribution in [-0.4, -0.2) is 21.1 Å². The molecule has 6 heteroatoms. The fraction of sp³-hybridized carbons (Fsp3) is 0.0952. The van der Waals surface area contributed by atoms with Crippen LogP contribution >= 0.6 is 0 Å². The molecule has 0 unspecified atom stereocenters. The fourth-order valence-corrected chi connectivity index (χ4v) is 3.20. The first kappa shape index (κ1) is 16.6. The second-order valence-corrected chi connectivity index (χ2v) is 6.22. The van der Waals surface area contributed by atoms with Crippen LogP contribution in [0.2, 0.25) is 0 Å². The Bertz CT molecular complexity index is 1130. The minimum atomic E-state index is -0.143. The smallest absolute Gasteiger partial charge is 0.225 e. The molecule has 6 nitrogen and oxygen atoms in total.